The van der Waals surface area contributed by atoms with Crippen molar-refractivity contribution in [2.45, 2.75) is 62.1 Å². The number of carbonyl (C=O) groups excluding carboxylic acids is 5. The van der Waals surface area contributed by atoms with Gasteiger partial charge in [0.05, 0.1) is 6.54 Å². The van der Waals surface area contributed by atoms with Gasteiger partial charge in [0.1, 0.15) is 6.23 Å². The second kappa shape index (κ2) is 7.81. The highest BCUT2D eigenvalue weighted by Crippen LogP contribution is 2.55. The summed E-state index contributed by atoms with van der Waals surface area (Å²) in [5.74, 6) is -12.9. The fraction of sp³-hybridized carbons (Fsp3) is 0.688. The van der Waals surface area contributed by atoms with E-state index in [0.717, 1.165) is 0 Å². The number of hydrogen-bond donors (Lipinski definition) is 6. The molecular weight excluding hydrogens is 424 g/mol. The molecule has 0 radical (unpaired) electrons. The first-order valence-corrected chi connectivity index (χ1v) is 8.52. The SMILES string of the molecule is CC(=O)[C@@]1(O)[C@](O)(C(C)=O)[C@@](O)(C(=O)CN=[N+]=[N-])O[C@](C(C)=O)(C(N)O)[C@]1(O)C(C)=O. The Morgan fingerprint density at radius 2 is 1.32 bits per heavy atom. The molecule has 0 spiro atoms. The van der Waals surface area contributed by atoms with E-state index in [1.54, 1.807) is 0 Å². The third-order valence-corrected chi connectivity index (χ3v) is 5.51. The first-order valence-electron chi connectivity index (χ1n) is 8.52. The van der Waals surface area contributed by atoms with E-state index in [1.165, 1.54) is 0 Å². The van der Waals surface area contributed by atoms with Crippen LogP contribution in [-0.2, 0) is 28.7 Å². The largest absolute Gasteiger partial charge is 0.376 e. The zero-order valence-electron chi connectivity index (χ0n) is 16.9. The van der Waals surface area contributed by atoms with Gasteiger partial charge in [0.2, 0.25) is 28.2 Å². The van der Waals surface area contributed by atoms with Crippen LogP contribution in [0.4, 0.5) is 0 Å². The summed E-state index contributed by atoms with van der Waals surface area (Å²) in [6.07, 6.45) is -2.82. The predicted octanol–water partition coefficient (Wildman–Crippen LogP) is -3.85. The van der Waals surface area contributed by atoms with Crippen LogP contribution in [-0.4, -0.2) is 95.4 Å². The monoisotopic (exact) mass is 446 g/mol. The van der Waals surface area contributed by atoms with Crippen LogP contribution in [0.1, 0.15) is 27.7 Å². The molecule has 0 aromatic heterocycles. The van der Waals surface area contributed by atoms with Crippen LogP contribution in [0.2, 0.25) is 0 Å². The summed E-state index contributed by atoms with van der Waals surface area (Å²) in [5, 5.41) is 57.6. The summed E-state index contributed by atoms with van der Waals surface area (Å²) in [5.41, 5.74) is -2.25. The zero-order valence-corrected chi connectivity index (χ0v) is 16.9. The summed E-state index contributed by atoms with van der Waals surface area (Å²) in [4.78, 5) is 64.9. The van der Waals surface area contributed by atoms with E-state index < -0.39 is 69.9 Å². The molecule has 172 valence electrons. The number of hydrogen-bond acceptors (Lipinski definition) is 13. The van der Waals surface area contributed by atoms with Gasteiger partial charge in [-0.3, -0.25) is 24.0 Å². The molecule has 6 atom stereocenters. The minimum atomic E-state index is -4.18. The number of ketones is 5. The molecule has 31 heavy (non-hydrogen) atoms. The number of rotatable bonds is 8. The molecule has 1 heterocycles. The Balaban J connectivity index is 4.42. The normalized spacial score (nSPS) is 38.5. The molecule has 0 aromatic rings. The predicted molar refractivity (Wildman–Crippen MR) is 95.6 cm³/mol. The molecule has 15 heteroatoms. The summed E-state index contributed by atoms with van der Waals surface area (Å²) in [6.45, 7) is 0.553. The fourth-order valence-corrected chi connectivity index (χ4v) is 3.95. The number of Topliss-reactive ketones (excluding diaryl/α,β-unsaturated/α-hetero) is 5. The van der Waals surface area contributed by atoms with E-state index in [9.17, 15) is 49.5 Å². The Kier molecular flexibility index (Phi) is 6.66. The Hall–Kier alpha value is -2.62. The van der Waals surface area contributed by atoms with Crippen LogP contribution < -0.4 is 5.73 Å². The van der Waals surface area contributed by atoms with Gasteiger partial charge in [0.15, 0.2) is 23.1 Å². The molecule has 0 aliphatic carbocycles. The van der Waals surface area contributed by atoms with Crippen molar-refractivity contribution in [2.24, 2.45) is 10.8 Å². The van der Waals surface area contributed by atoms with E-state index in [0.29, 0.717) is 27.7 Å². The molecule has 1 saturated heterocycles. The highest BCUT2D eigenvalue weighted by atomic mass is 16.7. The van der Waals surface area contributed by atoms with Crippen LogP contribution in [0.25, 0.3) is 10.4 Å². The van der Waals surface area contributed by atoms with E-state index in [4.69, 9.17) is 16.0 Å². The van der Waals surface area contributed by atoms with Gasteiger partial charge in [-0.2, -0.15) is 0 Å². The van der Waals surface area contributed by atoms with E-state index >= 15 is 0 Å². The van der Waals surface area contributed by atoms with Crippen molar-refractivity contribution in [1.29, 1.82) is 0 Å². The van der Waals surface area contributed by atoms with Crippen molar-refractivity contribution < 1.29 is 54.2 Å². The third-order valence-electron chi connectivity index (χ3n) is 5.51. The minimum Gasteiger partial charge on any atom is -0.376 e. The maximum absolute atomic E-state index is 12.6. The van der Waals surface area contributed by atoms with Crippen molar-refractivity contribution in [1.82, 2.24) is 0 Å². The highest BCUT2D eigenvalue weighted by Gasteiger charge is 2.89. The van der Waals surface area contributed by atoms with Gasteiger partial charge in [-0.05, 0) is 33.2 Å². The fourth-order valence-electron chi connectivity index (χ4n) is 3.95. The van der Waals surface area contributed by atoms with Gasteiger partial charge >= 0.3 is 0 Å². The summed E-state index contributed by atoms with van der Waals surface area (Å²) in [6, 6.07) is 0. The first-order chi connectivity index (χ1) is 13.9. The molecule has 1 aliphatic heterocycles. The molecule has 0 saturated carbocycles. The average molecular weight is 446 g/mol. The van der Waals surface area contributed by atoms with Crippen LogP contribution in [0.3, 0.4) is 0 Å². The Morgan fingerprint density at radius 3 is 1.61 bits per heavy atom. The summed E-state index contributed by atoms with van der Waals surface area (Å²) >= 11 is 0. The maximum Gasteiger partial charge on any atom is 0.268 e. The Labute approximate surface area is 174 Å². The average Bonchev–Trinajstić information content (AvgIpc) is 2.65. The number of nitrogens with zero attached hydrogens (tertiary/aromatic N) is 3. The highest BCUT2D eigenvalue weighted by molar-refractivity contribution is 6.12. The molecule has 1 aliphatic rings. The summed E-state index contributed by atoms with van der Waals surface area (Å²) in [7, 11) is 0. The molecule has 1 unspecified atom stereocenters. The lowest BCUT2D eigenvalue weighted by Crippen LogP contribution is -2.96. The molecule has 7 N–H and O–H groups in total. The van der Waals surface area contributed by atoms with Crippen molar-refractivity contribution in [3.05, 3.63) is 10.4 Å². The van der Waals surface area contributed by atoms with E-state index in [-0.39, 0.29) is 0 Å². The lowest BCUT2D eigenvalue weighted by Gasteiger charge is -2.64. The first kappa shape index (κ1) is 26.4. The number of azide groups is 1. The van der Waals surface area contributed by atoms with E-state index in [2.05, 4.69) is 10.0 Å². The summed E-state index contributed by atoms with van der Waals surface area (Å²) < 4.78 is 4.89. The molecule has 1 rings (SSSR count). The van der Waals surface area contributed by atoms with Crippen molar-refractivity contribution in [3.8, 4) is 0 Å². The smallest absolute Gasteiger partial charge is 0.268 e. The molecule has 0 aromatic carbocycles. The second-order valence-electron chi connectivity index (χ2n) is 7.09. The maximum atomic E-state index is 12.6. The Bertz CT molecular complexity index is 915. The standard InChI is InChI=1S/C16H22N4O11/c1-6(21)12(11(17)26)13(27,7(2)22)14(28,8(3)23)15(29,9(4)24)16(30,31-12)10(25)5-19-20-18/h11,26-30H,5,17H2,1-4H3/t11?,12-,13-,14+,15-,16-/m1/s1. The zero-order chi connectivity index (χ0) is 24.8. The van der Waals surface area contributed by atoms with Crippen molar-refractivity contribution in [3.63, 3.8) is 0 Å². The van der Waals surface area contributed by atoms with Crippen LogP contribution in [0, 0.1) is 0 Å². The van der Waals surface area contributed by atoms with Gasteiger partial charge in [-0.15, -0.1) is 0 Å². The van der Waals surface area contributed by atoms with Crippen LogP contribution >= 0.6 is 0 Å². The van der Waals surface area contributed by atoms with Gasteiger partial charge in [0, 0.05) is 4.91 Å². The van der Waals surface area contributed by atoms with Gasteiger partial charge < -0.3 is 36.0 Å². The number of nitrogens with two attached hydrogens (primary N) is 1. The number of aliphatic hydroxyl groups excluding tert-OH is 1. The minimum absolute atomic E-state index is 0.444. The number of carbonyl (C=O) groups is 5. The molecule has 0 bridgehead atoms. The molecule has 15 nitrogen and oxygen atoms in total. The third kappa shape index (κ3) is 2.80. The van der Waals surface area contributed by atoms with Gasteiger partial charge in [-0.25, -0.2) is 0 Å². The van der Waals surface area contributed by atoms with Crippen LogP contribution in [0.5, 0.6) is 0 Å². The van der Waals surface area contributed by atoms with Gasteiger partial charge in [0.25, 0.3) is 5.79 Å². The molecular formula is C16H22N4O11. The Morgan fingerprint density at radius 1 is 0.903 bits per heavy atom. The van der Waals surface area contributed by atoms with Gasteiger partial charge in [-0.1, -0.05) is 5.11 Å². The van der Waals surface area contributed by atoms with Crippen molar-refractivity contribution >= 4 is 28.9 Å². The number of ether oxygens (including phenoxy) is 1. The molecule has 0 amide bonds. The number of aliphatic hydroxyl groups is 5. The van der Waals surface area contributed by atoms with Crippen LogP contribution in [0.15, 0.2) is 5.11 Å². The van der Waals surface area contributed by atoms with E-state index in [1.807, 2.05) is 0 Å². The van der Waals surface area contributed by atoms with Crippen molar-refractivity contribution in [2.75, 3.05) is 6.54 Å². The molecule has 1 fully saturated rings. The second-order valence-corrected chi connectivity index (χ2v) is 7.09. The lowest BCUT2D eigenvalue weighted by atomic mass is 9.52. The topological polar surface area (TPSA) is 271 Å². The lowest BCUT2D eigenvalue weighted by molar-refractivity contribution is -0.416. The quantitative estimate of drug-likeness (QED) is 0.0904.